The van der Waals surface area contributed by atoms with Gasteiger partial charge in [-0.25, -0.2) is 13.1 Å². The Morgan fingerprint density at radius 2 is 2.15 bits per heavy atom. The van der Waals surface area contributed by atoms with Crippen LogP contribution in [0.3, 0.4) is 0 Å². The first-order valence-corrected chi connectivity index (χ1v) is 5.16. The molecule has 0 heterocycles. The molecule has 0 aliphatic heterocycles. The summed E-state index contributed by atoms with van der Waals surface area (Å²) in [4.78, 5) is 10.3. The van der Waals surface area contributed by atoms with Crippen molar-refractivity contribution in [1.82, 2.24) is 4.72 Å². The van der Waals surface area contributed by atoms with Crippen molar-refractivity contribution >= 4 is 16.0 Å². The number of methoxy groups -OCH3 is 1. The van der Waals surface area contributed by atoms with Gasteiger partial charge in [-0.3, -0.25) is 4.79 Å². The van der Waals surface area contributed by atoms with Crippen LogP contribution in [-0.4, -0.2) is 45.0 Å². The van der Waals surface area contributed by atoms with Crippen LogP contribution in [0.2, 0.25) is 0 Å². The van der Waals surface area contributed by atoms with Crippen molar-refractivity contribution < 1.29 is 23.1 Å². The molecule has 0 bridgehead atoms. The van der Waals surface area contributed by atoms with E-state index in [0.29, 0.717) is 0 Å². The maximum absolute atomic E-state index is 11.1. The van der Waals surface area contributed by atoms with Crippen LogP contribution in [0.15, 0.2) is 0 Å². The molecule has 1 unspecified atom stereocenters. The number of hydrogen-bond acceptors (Lipinski definition) is 4. The van der Waals surface area contributed by atoms with Crippen LogP contribution in [0.4, 0.5) is 0 Å². The molecule has 78 valence electrons. The van der Waals surface area contributed by atoms with Crippen molar-refractivity contribution in [1.29, 1.82) is 0 Å². The van der Waals surface area contributed by atoms with E-state index in [1.165, 1.54) is 7.11 Å². The van der Waals surface area contributed by atoms with Gasteiger partial charge in [0.25, 0.3) is 0 Å². The highest BCUT2D eigenvalue weighted by Gasteiger charge is 2.26. The SMILES string of the molecule is COCCNS(=O)(=O)C(C)C(=O)O. The lowest BCUT2D eigenvalue weighted by atomic mass is 10.5. The molecule has 0 fully saturated rings. The Morgan fingerprint density at radius 3 is 2.54 bits per heavy atom. The van der Waals surface area contributed by atoms with Gasteiger partial charge in [-0.2, -0.15) is 0 Å². The molecule has 0 aromatic heterocycles. The maximum atomic E-state index is 11.1. The smallest absolute Gasteiger partial charge is 0.323 e. The zero-order chi connectivity index (χ0) is 10.5. The van der Waals surface area contributed by atoms with E-state index in [2.05, 4.69) is 9.46 Å². The molecule has 0 rings (SSSR count). The molecule has 0 radical (unpaired) electrons. The lowest BCUT2D eigenvalue weighted by Crippen LogP contribution is -2.38. The van der Waals surface area contributed by atoms with Gasteiger partial charge in [0.05, 0.1) is 6.61 Å². The van der Waals surface area contributed by atoms with E-state index in [-0.39, 0.29) is 13.2 Å². The fourth-order valence-corrected chi connectivity index (χ4v) is 1.43. The number of carboxylic acids is 1. The van der Waals surface area contributed by atoms with Crippen molar-refractivity contribution in [2.75, 3.05) is 20.3 Å². The minimum atomic E-state index is -3.76. The summed E-state index contributed by atoms with van der Waals surface area (Å²) in [5.41, 5.74) is 0. The average molecular weight is 211 g/mol. The van der Waals surface area contributed by atoms with Gasteiger partial charge in [-0.05, 0) is 6.92 Å². The molecule has 0 spiro atoms. The van der Waals surface area contributed by atoms with Crippen LogP contribution in [0.5, 0.6) is 0 Å². The molecule has 7 heteroatoms. The molecule has 2 N–H and O–H groups in total. The second kappa shape index (κ2) is 5.15. The number of rotatable bonds is 6. The second-order valence-corrected chi connectivity index (χ2v) is 4.50. The molecular formula is C6H13NO5S. The van der Waals surface area contributed by atoms with Crippen molar-refractivity contribution in [2.45, 2.75) is 12.2 Å². The standard InChI is InChI=1S/C6H13NO5S/c1-5(6(8)9)13(10,11)7-3-4-12-2/h5,7H,3-4H2,1-2H3,(H,8,9). The largest absolute Gasteiger partial charge is 0.480 e. The van der Waals surface area contributed by atoms with Gasteiger partial charge in [-0.1, -0.05) is 0 Å². The van der Waals surface area contributed by atoms with E-state index in [0.717, 1.165) is 6.92 Å². The normalized spacial score (nSPS) is 14.0. The summed E-state index contributed by atoms with van der Waals surface area (Å²) in [5, 5.41) is 6.98. The number of carbonyl (C=O) groups is 1. The van der Waals surface area contributed by atoms with Gasteiger partial charge < -0.3 is 9.84 Å². The Morgan fingerprint density at radius 1 is 1.62 bits per heavy atom. The molecular weight excluding hydrogens is 198 g/mol. The second-order valence-electron chi connectivity index (χ2n) is 2.41. The van der Waals surface area contributed by atoms with Crippen molar-refractivity contribution in [3.8, 4) is 0 Å². The van der Waals surface area contributed by atoms with E-state index < -0.39 is 21.2 Å². The average Bonchev–Trinajstić information content (AvgIpc) is 2.03. The van der Waals surface area contributed by atoms with Gasteiger partial charge >= 0.3 is 5.97 Å². The number of nitrogens with one attached hydrogen (secondary N) is 1. The first-order chi connectivity index (χ1) is 5.91. The number of sulfonamides is 1. The quantitative estimate of drug-likeness (QED) is 0.551. The van der Waals surface area contributed by atoms with Crippen molar-refractivity contribution in [3.05, 3.63) is 0 Å². The number of hydrogen-bond donors (Lipinski definition) is 2. The lowest BCUT2D eigenvalue weighted by Gasteiger charge is -2.08. The molecule has 0 amide bonds. The molecule has 6 nitrogen and oxygen atoms in total. The van der Waals surface area contributed by atoms with E-state index in [9.17, 15) is 13.2 Å². The van der Waals surface area contributed by atoms with E-state index in [1.54, 1.807) is 0 Å². The molecule has 0 aliphatic rings. The fraction of sp³-hybridized carbons (Fsp3) is 0.833. The summed E-state index contributed by atoms with van der Waals surface area (Å²) in [6.45, 7) is 1.40. The Balaban J connectivity index is 4.16. The fourth-order valence-electron chi connectivity index (χ4n) is 0.544. The molecule has 0 aromatic rings. The van der Waals surface area contributed by atoms with Crippen LogP contribution in [0, 0.1) is 0 Å². The van der Waals surface area contributed by atoms with Gasteiger partial charge in [0.1, 0.15) is 0 Å². The van der Waals surface area contributed by atoms with Gasteiger partial charge in [0.15, 0.2) is 5.25 Å². The summed E-state index contributed by atoms with van der Waals surface area (Å²) in [6, 6.07) is 0. The molecule has 0 saturated carbocycles. The minimum absolute atomic E-state index is 0.0798. The Bertz CT molecular complexity index is 260. The van der Waals surface area contributed by atoms with Gasteiger partial charge in [0.2, 0.25) is 10.0 Å². The highest BCUT2D eigenvalue weighted by atomic mass is 32.2. The van der Waals surface area contributed by atoms with Gasteiger partial charge in [-0.15, -0.1) is 0 Å². The van der Waals surface area contributed by atoms with Crippen molar-refractivity contribution in [3.63, 3.8) is 0 Å². The third-order valence-corrected chi connectivity index (χ3v) is 3.16. The summed E-state index contributed by atoms with van der Waals surface area (Å²) >= 11 is 0. The van der Waals surface area contributed by atoms with E-state index in [4.69, 9.17) is 5.11 Å². The lowest BCUT2D eigenvalue weighted by molar-refractivity contribution is -0.136. The monoisotopic (exact) mass is 211 g/mol. The van der Waals surface area contributed by atoms with Crippen LogP contribution in [0.25, 0.3) is 0 Å². The predicted molar refractivity (Wildman–Crippen MR) is 45.9 cm³/mol. The Hall–Kier alpha value is -0.660. The van der Waals surface area contributed by atoms with Crippen LogP contribution in [-0.2, 0) is 19.6 Å². The highest BCUT2D eigenvalue weighted by molar-refractivity contribution is 7.90. The topological polar surface area (TPSA) is 92.7 Å². The molecule has 0 aliphatic carbocycles. The zero-order valence-electron chi connectivity index (χ0n) is 7.48. The van der Waals surface area contributed by atoms with E-state index in [1.807, 2.05) is 0 Å². The predicted octanol–water partition coefficient (Wildman–Crippen LogP) is -0.975. The van der Waals surface area contributed by atoms with Crippen LogP contribution >= 0.6 is 0 Å². The summed E-state index contributed by atoms with van der Waals surface area (Å²) in [5.74, 6) is -1.37. The van der Waals surface area contributed by atoms with E-state index >= 15 is 0 Å². The summed E-state index contributed by atoms with van der Waals surface area (Å²) in [6.07, 6.45) is 0. The molecule has 0 aromatic carbocycles. The maximum Gasteiger partial charge on any atom is 0.323 e. The Kier molecular flexibility index (Phi) is 4.89. The summed E-state index contributed by atoms with van der Waals surface area (Å²) < 4.78 is 28.9. The number of aliphatic carboxylic acids is 1. The number of ether oxygens (including phenoxy) is 1. The molecule has 1 atom stereocenters. The van der Waals surface area contributed by atoms with Gasteiger partial charge in [0, 0.05) is 13.7 Å². The molecule has 0 saturated heterocycles. The highest BCUT2D eigenvalue weighted by Crippen LogP contribution is 1.97. The van der Waals surface area contributed by atoms with Crippen molar-refractivity contribution in [2.24, 2.45) is 0 Å². The third kappa shape index (κ3) is 4.20. The minimum Gasteiger partial charge on any atom is -0.480 e. The summed E-state index contributed by atoms with van der Waals surface area (Å²) in [7, 11) is -2.34. The zero-order valence-corrected chi connectivity index (χ0v) is 8.30. The first-order valence-electron chi connectivity index (χ1n) is 3.62. The van der Waals surface area contributed by atoms with Crippen LogP contribution in [0.1, 0.15) is 6.92 Å². The number of carboxylic acid groups (broad SMARTS) is 1. The molecule has 13 heavy (non-hydrogen) atoms. The third-order valence-electron chi connectivity index (χ3n) is 1.42. The van der Waals surface area contributed by atoms with Crippen LogP contribution < -0.4 is 4.72 Å². The Labute approximate surface area is 76.9 Å². The first kappa shape index (κ1) is 12.3.